The van der Waals surface area contributed by atoms with Crippen molar-refractivity contribution < 1.29 is 4.39 Å². The van der Waals surface area contributed by atoms with Gasteiger partial charge in [-0.25, -0.2) is 34.3 Å². The van der Waals surface area contributed by atoms with Gasteiger partial charge in [-0.2, -0.15) is 0 Å². The highest BCUT2D eigenvalue weighted by molar-refractivity contribution is 5.94. The molecule has 10 heteroatoms. The normalized spacial score (nSPS) is 11.0. The lowest BCUT2D eigenvalue weighted by atomic mass is 10.2. The summed E-state index contributed by atoms with van der Waals surface area (Å²) in [5, 5.41) is 2.99. The summed E-state index contributed by atoms with van der Waals surface area (Å²) in [5.41, 5.74) is 9.30. The Labute approximate surface area is 304 Å². The Morgan fingerprint density at radius 3 is 1.43 bits per heavy atom. The van der Waals surface area contributed by atoms with E-state index in [2.05, 4.69) is 103 Å². The Kier molecular flexibility index (Phi) is 19.6. The number of halogens is 1. The van der Waals surface area contributed by atoms with Gasteiger partial charge in [0.1, 0.15) is 34.9 Å². The van der Waals surface area contributed by atoms with Crippen LogP contribution in [-0.4, -0.2) is 40.6 Å². The molecule has 1 aliphatic rings. The summed E-state index contributed by atoms with van der Waals surface area (Å²) in [6, 6.07) is 16.0. The fourth-order valence-corrected chi connectivity index (χ4v) is 4.37. The van der Waals surface area contributed by atoms with Gasteiger partial charge in [0.05, 0.1) is 5.69 Å². The fraction of sp³-hybridized carbons (Fsp3) is 0.317. The van der Waals surface area contributed by atoms with Gasteiger partial charge in [-0.1, -0.05) is 42.0 Å². The van der Waals surface area contributed by atoms with Gasteiger partial charge in [-0.3, -0.25) is 9.97 Å². The van der Waals surface area contributed by atoms with Crippen molar-refractivity contribution in [1.82, 2.24) is 40.2 Å². The van der Waals surface area contributed by atoms with E-state index in [1.165, 1.54) is 16.7 Å². The van der Waals surface area contributed by atoms with Crippen LogP contribution in [0.1, 0.15) is 76.5 Å². The van der Waals surface area contributed by atoms with Crippen molar-refractivity contribution in [3.05, 3.63) is 160 Å². The quantitative estimate of drug-likeness (QED) is 0.171. The van der Waals surface area contributed by atoms with E-state index in [-0.39, 0.29) is 5.82 Å². The number of rotatable bonds is 0. The first kappa shape index (κ1) is 43.5. The summed E-state index contributed by atoms with van der Waals surface area (Å²) >= 11 is 0. The number of allylic oxidation sites excluding steroid dienone is 2. The average Bonchev–Trinajstić information content (AvgIpc) is 3.00. The first-order valence-electron chi connectivity index (χ1n) is 16.6. The van der Waals surface area contributed by atoms with Crippen LogP contribution in [0.25, 0.3) is 0 Å². The van der Waals surface area contributed by atoms with Gasteiger partial charge < -0.3 is 5.32 Å². The molecule has 1 aromatic carbocycles. The van der Waals surface area contributed by atoms with Gasteiger partial charge in [-0.05, 0) is 131 Å². The molecule has 1 N–H and O–H groups in total. The standard InChI is InChI=1S/C8H10.C7H8FN.C7H10N2.C7H9N.C6H9N3.C6H8N2/c1-7-4-3-5-8(2)6-7;1-5-3-4-9-6(2)7(5)8;1-5-4-6(2)9-7(3)8-5;1-6-3-4-8-7(2)5-6;1-4-7-5(2)9-6(3)8-4;1-5-3-4-7-6(2)8-5/h3-6H,1-2H3;3-4H,1-2H3;4,8H,3H2,1-2H3;3-5H,1-2H3;1-3H3;3-4H,1-2H3. The monoisotopic (exact) mass is 691 g/mol. The van der Waals surface area contributed by atoms with E-state index in [1.54, 1.807) is 32.3 Å². The first-order chi connectivity index (χ1) is 23.9. The molecule has 270 valence electrons. The third-order valence-corrected chi connectivity index (χ3v) is 6.45. The molecule has 0 aliphatic carbocycles. The lowest BCUT2D eigenvalue weighted by molar-refractivity contribution is 0.600. The van der Waals surface area contributed by atoms with Crippen molar-refractivity contribution >= 4 is 5.71 Å². The number of pyridine rings is 2. The number of aryl methyl sites for hydroxylation is 11. The van der Waals surface area contributed by atoms with E-state index in [9.17, 15) is 4.39 Å². The zero-order valence-corrected chi connectivity index (χ0v) is 32.6. The third-order valence-electron chi connectivity index (χ3n) is 6.45. The van der Waals surface area contributed by atoms with E-state index in [0.717, 1.165) is 51.9 Å². The highest BCUT2D eigenvalue weighted by Gasteiger charge is 1.99. The minimum Gasteiger partial charge on any atom is -0.344 e. The maximum atomic E-state index is 12.7. The summed E-state index contributed by atoms with van der Waals surface area (Å²) in [5.74, 6) is 3.75. The molecule has 4 aromatic heterocycles. The smallest absolute Gasteiger partial charge is 0.147 e. The largest absolute Gasteiger partial charge is 0.344 e. The molecule has 9 nitrogen and oxygen atoms in total. The molecule has 1 aliphatic heterocycles. The third kappa shape index (κ3) is 20.6. The van der Waals surface area contributed by atoms with Crippen LogP contribution in [0.5, 0.6) is 0 Å². The second kappa shape index (κ2) is 23.0. The molecule has 5 aromatic rings. The molecule has 0 amide bonds. The molecule has 0 spiro atoms. The number of nitrogens with one attached hydrogen (secondary N) is 1. The predicted molar refractivity (Wildman–Crippen MR) is 208 cm³/mol. The van der Waals surface area contributed by atoms with E-state index < -0.39 is 0 Å². The van der Waals surface area contributed by atoms with Crippen LogP contribution in [0.2, 0.25) is 0 Å². The second-order valence-corrected chi connectivity index (χ2v) is 12.0. The summed E-state index contributed by atoms with van der Waals surface area (Å²) in [6.45, 7) is 28.7. The maximum Gasteiger partial charge on any atom is 0.147 e. The highest BCUT2D eigenvalue weighted by Crippen LogP contribution is 2.06. The average molecular weight is 692 g/mol. The lowest BCUT2D eigenvalue weighted by Gasteiger charge is -2.10. The van der Waals surface area contributed by atoms with E-state index in [1.807, 2.05) is 79.8 Å². The Hall–Kier alpha value is -5.51. The zero-order valence-electron chi connectivity index (χ0n) is 32.6. The number of aromatic nitrogens is 7. The Morgan fingerprint density at radius 1 is 0.549 bits per heavy atom. The highest BCUT2D eigenvalue weighted by atomic mass is 19.1. The van der Waals surface area contributed by atoms with Crippen molar-refractivity contribution in [3.8, 4) is 0 Å². The van der Waals surface area contributed by atoms with Crippen LogP contribution < -0.4 is 5.32 Å². The molecule has 0 atom stereocenters. The first-order valence-corrected chi connectivity index (χ1v) is 16.6. The topological polar surface area (TPSA) is 115 Å². The predicted octanol–water partition coefficient (Wildman–Crippen LogP) is 9.16. The van der Waals surface area contributed by atoms with Crippen molar-refractivity contribution in [3.63, 3.8) is 0 Å². The Balaban J connectivity index is 0.000000306. The molecule has 6 rings (SSSR count). The van der Waals surface area contributed by atoms with Crippen molar-refractivity contribution in [1.29, 1.82) is 0 Å². The Bertz CT molecular complexity index is 1670. The van der Waals surface area contributed by atoms with Crippen LogP contribution in [0.3, 0.4) is 0 Å². The van der Waals surface area contributed by atoms with Gasteiger partial charge >= 0.3 is 0 Å². The van der Waals surface area contributed by atoms with Crippen LogP contribution >= 0.6 is 0 Å². The van der Waals surface area contributed by atoms with E-state index >= 15 is 0 Å². The summed E-state index contributed by atoms with van der Waals surface area (Å²) < 4.78 is 12.7. The lowest BCUT2D eigenvalue weighted by Crippen LogP contribution is -2.14. The van der Waals surface area contributed by atoms with Crippen molar-refractivity contribution in [2.75, 3.05) is 0 Å². The molecule has 0 saturated heterocycles. The minimum atomic E-state index is -0.197. The number of benzene rings is 1. The van der Waals surface area contributed by atoms with Gasteiger partial charge in [0.25, 0.3) is 0 Å². The molecule has 51 heavy (non-hydrogen) atoms. The van der Waals surface area contributed by atoms with Crippen LogP contribution in [0.15, 0.2) is 96.3 Å². The molecule has 0 bridgehead atoms. The molecule has 5 heterocycles. The molecular weight excluding hydrogens is 638 g/mol. The molecular formula is C41H54FN9. The van der Waals surface area contributed by atoms with E-state index in [4.69, 9.17) is 0 Å². The van der Waals surface area contributed by atoms with E-state index in [0.29, 0.717) is 11.3 Å². The molecule has 0 saturated carbocycles. The number of hydrogen-bond donors (Lipinski definition) is 1. The summed E-state index contributed by atoms with van der Waals surface area (Å²) in [7, 11) is 0. The minimum absolute atomic E-state index is 0.197. The van der Waals surface area contributed by atoms with Gasteiger partial charge in [0.15, 0.2) is 0 Å². The van der Waals surface area contributed by atoms with Crippen LogP contribution in [0, 0.1) is 82.0 Å². The van der Waals surface area contributed by atoms with Gasteiger partial charge in [0.2, 0.25) is 0 Å². The summed E-state index contributed by atoms with van der Waals surface area (Å²) in [4.78, 5) is 31.9. The maximum absolute atomic E-state index is 12.7. The zero-order chi connectivity index (χ0) is 38.5. The van der Waals surface area contributed by atoms with Gasteiger partial charge in [-0.15, -0.1) is 0 Å². The number of aliphatic imine (C=N–C) groups is 1. The summed E-state index contributed by atoms with van der Waals surface area (Å²) in [6.07, 6.45) is 7.17. The molecule has 0 fully saturated rings. The van der Waals surface area contributed by atoms with Gasteiger partial charge in [0, 0.05) is 41.4 Å². The SMILES string of the molecule is C=C1N=C(C)C=C(C)N1.Cc1cccc(C)c1.Cc1ccnc(C)c1.Cc1ccnc(C)c1F.Cc1ccnc(C)n1.Cc1nc(C)nc(C)n1. The second-order valence-electron chi connectivity index (χ2n) is 12.0. The Morgan fingerprint density at radius 2 is 1.08 bits per heavy atom. The van der Waals surface area contributed by atoms with Crippen molar-refractivity contribution in [2.24, 2.45) is 4.99 Å². The van der Waals surface area contributed by atoms with Crippen LogP contribution in [-0.2, 0) is 0 Å². The number of hydrogen-bond acceptors (Lipinski definition) is 9. The van der Waals surface area contributed by atoms with Crippen LogP contribution in [0.4, 0.5) is 4.39 Å². The number of nitrogens with zero attached hydrogens (tertiary/aromatic N) is 8. The molecule has 0 radical (unpaired) electrons. The molecule has 0 unspecified atom stereocenters. The van der Waals surface area contributed by atoms with Crippen molar-refractivity contribution in [2.45, 2.75) is 90.0 Å². The fourth-order valence-electron chi connectivity index (χ4n) is 4.37.